The number of hydrogen-bond donors (Lipinski definition) is 1. The summed E-state index contributed by atoms with van der Waals surface area (Å²) in [7, 11) is -2.01. The topological polar surface area (TPSA) is 94.2 Å². The van der Waals surface area contributed by atoms with Crippen molar-refractivity contribution < 1.29 is 27.4 Å². The van der Waals surface area contributed by atoms with Gasteiger partial charge in [-0.2, -0.15) is 0 Å². The van der Waals surface area contributed by atoms with E-state index in [1.807, 2.05) is 6.92 Å². The summed E-state index contributed by atoms with van der Waals surface area (Å²) in [4.78, 5) is 14.4. The zero-order valence-electron chi connectivity index (χ0n) is 15.1. The SMILES string of the molecule is COCCOCCS(=O)(=O)Nc1cccc(C(=O)N2CCOCC2C)c1. The second-order valence-corrected chi connectivity index (χ2v) is 7.87. The Labute approximate surface area is 154 Å². The van der Waals surface area contributed by atoms with E-state index in [1.54, 1.807) is 36.3 Å². The van der Waals surface area contributed by atoms with Gasteiger partial charge in [0.25, 0.3) is 5.91 Å². The zero-order valence-corrected chi connectivity index (χ0v) is 16.0. The summed E-state index contributed by atoms with van der Waals surface area (Å²) in [5, 5.41) is 0. The molecule has 0 radical (unpaired) electrons. The first-order valence-corrected chi connectivity index (χ1v) is 10.1. The van der Waals surface area contributed by atoms with Crippen molar-refractivity contribution in [2.75, 3.05) is 57.2 Å². The number of morpholine rings is 1. The Kier molecular flexibility index (Phi) is 7.83. The minimum atomic E-state index is -3.56. The van der Waals surface area contributed by atoms with E-state index in [2.05, 4.69) is 4.72 Å². The molecule has 1 aromatic rings. The number of amides is 1. The van der Waals surface area contributed by atoms with E-state index in [1.165, 1.54) is 0 Å². The van der Waals surface area contributed by atoms with Gasteiger partial charge in [0.1, 0.15) is 0 Å². The predicted molar refractivity (Wildman–Crippen MR) is 97.9 cm³/mol. The van der Waals surface area contributed by atoms with Crippen LogP contribution in [0.15, 0.2) is 24.3 Å². The average molecular weight is 386 g/mol. The summed E-state index contributed by atoms with van der Waals surface area (Å²) >= 11 is 0. The number of sulfonamides is 1. The zero-order chi connectivity index (χ0) is 19.0. The largest absolute Gasteiger partial charge is 0.382 e. The van der Waals surface area contributed by atoms with Gasteiger partial charge < -0.3 is 19.1 Å². The highest BCUT2D eigenvalue weighted by Crippen LogP contribution is 2.17. The summed E-state index contributed by atoms with van der Waals surface area (Å²) < 4.78 is 42.1. The standard InChI is InChI=1S/C17H26N2O6S/c1-14-13-25-7-6-19(14)17(20)15-4-3-5-16(12-15)18-26(21,22)11-10-24-9-8-23-2/h3-5,12,14,18H,6-11,13H2,1-2H3. The van der Waals surface area contributed by atoms with E-state index < -0.39 is 10.0 Å². The third-order valence-electron chi connectivity index (χ3n) is 3.94. The number of carbonyl (C=O) groups excluding carboxylic acids is 1. The normalized spacial score (nSPS) is 17.9. The van der Waals surface area contributed by atoms with Gasteiger partial charge in [-0.15, -0.1) is 0 Å². The summed E-state index contributed by atoms with van der Waals surface area (Å²) in [5.41, 5.74) is 0.795. The number of benzene rings is 1. The van der Waals surface area contributed by atoms with Crippen molar-refractivity contribution in [3.8, 4) is 0 Å². The molecule has 1 N–H and O–H groups in total. The molecule has 1 heterocycles. The van der Waals surface area contributed by atoms with E-state index in [0.717, 1.165) is 0 Å². The summed E-state index contributed by atoms with van der Waals surface area (Å²) in [6, 6.07) is 6.49. The van der Waals surface area contributed by atoms with E-state index in [9.17, 15) is 13.2 Å². The lowest BCUT2D eigenvalue weighted by Gasteiger charge is -2.33. The van der Waals surface area contributed by atoms with Crippen LogP contribution < -0.4 is 4.72 Å². The van der Waals surface area contributed by atoms with Gasteiger partial charge in [-0.05, 0) is 25.1 Å². The number of rotatable bonds is 9. The average Bonchev–Trinajstić information content (AvgIpc) is 2.61. The Bertz CT molecular complexity index is 694. The maximum atomic E-state index is 12.7. The van der Waals surface area contributed by atoms with Crippen LogP contribution in [0.3, 0.4) is 0 Å². The van der Waals surface area contributed by atoms with Crippen LogP contribution in [-0.2, 0) is 24.2 Å². The van der Waals surface area contributed by atoms with Gasteiger partial charge >= 0.3 is 0 Å². The Morgan fingerprint density at radius 3 is 2.88 bits per heavy atom. The maximum Gasteiger partial charge on any atom is 0.254 e. The van der Waals surface area contributed by atoms with Crippen molar-refractivity contribution in [2.24, 2.45) is 0 Å². The molecule has 0 aromatic heterocycles. The third kappa shape index (κ3) is 6.24. The molecule has 0 saturated carbocycles. The first kappa shape index (κ1) is 20.6. The van der Waals surface area contributed by atoms with E-state index in [0.29, 0.717) is 44.2 Å². The third-order valence-corrected chi connectivity index (χ3v) is 5.19. The molecule has 146 valence electrons. The number of ether oxygens (including phenoxy) is 3. The van der Waals surface area contributed by atoms with Gasteiger partial charge in [-0.25, -0.2) is 8.42 Å². The molecule has 0 bridgehead atoms. The van der Waals surface area contributed by atoms with Gasteiger partial charge in [0.2, 0.25) is 10.0 Å². The van der Waals surface area contributed by atoms with Gasteiger partial charge in [-0.3, -0.25) is 9.52 Å². The van der Waals surface area contributed by atoms with Crippen LogP contribution >= 0.6 is 0 Å². The molecule has 1 saturated heterocycles. The lowest BCUT2D eigenvalue weighted by Crippen LogP contribution is -2.47. The second-order valence-electron chi connectivity index (χ2n) is 6.03. The Balaban J connectivity index is 1.96. The van der Waals surface area contributed by atoms with Crippen molar-refractivity contribution >= 4 is 21.6 Å². The molecule has 1 fully saturated rings. The van der Waals surface area contributed by atoms with E-state index in [-0.39, 0.29) is 24.3 Å². The molecule has 1 aromatic carbocycles. The lowest BCUT2D eigenvalue weighted by molar-refractivity contribution is 0.00360. The molecule has 8 nitrogen and oxygen atoms in total. The Morgan fingerprint density at radius 2 is 2.15 bits per heavy atom. The summed E-state index contributed by atoms with van der Waals surface area (Å²) in [6.45, 7) is 4.28. The van der Waals surface area contributed by atoms with E-state index in [4.69, 9.17) is 14.2 Å². The number of anilines is 1. The fourth-order valence-electron chi connectivity index (χ4n) is 2.55. The highest BCUT2D eigenvalue weighted by Gasteiger charge is 2.25. The van der Waals surface area contributed by atoms with Crippen molar-refractivity contribution in [1.29, 1.82) is 0 Å². The number of hydrogen-bond acceptors (Lipinski definition) is 6. The van der Waals surface area contributed by atoms with Crippen molar-refractivity contribution in [3.63, 3.8) is 0 Å². The van der Waals surface area contributed by atoms with Gasteiger partial charge in [0, 0.05) is 24.9 Å². The number of carbonyl (C=O) groups is 1. The van der Waals surface area contributed by atoms with Crippen molar-refractivity contribution in [3.05, 3.63) is 29.8 Å². The molecule has 0 spiro atoms. The van der Waals surface area contributed by atoms with Crippen molar-refractivity contribution in [1.82, 2.24) is 4.90 Å². The smallest absolute Gasteiger partial charge is 0.254 e. The summed E-state index contributed by atoms with van der Waals surface area (Å²) in [5.74, 6) is -0.306. The van der Waals surface area contributed by atoms with Crippen LogP contribution in [-0.4, -0.2) is 77.7 Å². The molecule has 1 unspecified atom stereocenters. The molecule has 26 heavy (non-hydrogen) atoms. The molecule has 1 aliphatic rings. The number of nitrogens with one attached hydrogen (secondary N) is 1. The van der Waals surface area contributed by atoms with Gasteiger partial charge in [-0.1, -0.05) is 6.07 Å². The van der Waals surface area contributed by atoms with Gasteiger partial charge in [0.05, 0.1) is 44.8 Å². The van der Waals surface area contributed by atoms with E-state index >= 15 is 0 Å². The predicted octanol–water partition coefficient (Wildman–Crippen LogP) is 0.952. The monoisotopic (exact) mass is 386 g/mol. The van der Waals surface area contributed by atoms with Crippen LogP contribution in [0, 0.1) is 0 Å². The summed E-state index contributed by atoms with van der Waals surface area (Å²) in [6.07, 6.45) is 0. The highest BCUT2D eigenvalue weighted by atomic mass is 32.2. The number of nitrogens with zero attached hydrogens (tertiary/aromatic N) is 1. The molecule has 1 aliphatic heterocycles. The fraction of sp³-hybridized carbons (Fsp3) is 0.588. The maximum absolute atomic E-state index is 12.7. The van der Waals surface area contributed by atoms with Crippen molar-refractivity contribution in [2.45, 2.75) is 13.0 Å². The molecular formula is C17H26N2O6S. The van der Waals surface area contributed by atoms with Crippen LogP contribution in [0.2, 0.25) is 0 Å². The van der Waals surface area contributed by atoms with Gasteiger partial charge in [0.15, 0.2) is 0 Å². The second kappa shape index (κ2) is 9.86. The molecule has 9 heteroatoms. The fourth-order valence-corrected chi connectivity index (χ4v) is 3.48. The van der Waals surface area contributed by atoms with Crippen LogP contribution in [0.4, 0.5) is 5.69 Å². The van der Waals surface area contributed by atoms with Crippen LogP contribution in [0.1, 0.15) is 17.3 Å². The van der Waals surface area contributed by atoms with Crippen LogP contribution in [0.25, 0.3) is 0 Å². The Morgan fingerprint density at radius 1 is 1.35 bits per heavy atom. The number of methoxy groups -OCH3 is 1. The quantitative estimate of drug-likeness (QED) is 0.635. The molecule has 1 atom stereocenters. The first-order chi connectivity index (χ1) is 12.4. The first-order valence-electron chi connectivity index (χ1n) is 8.49. The molecule has 1 amide bonds. The molecular weight excluding hydrogens is 360 g/mol. The molecule has 2 rings (SSSR count). The minimum Gasteiger partial charge on any atom is -0.382 e. The molecule has 0 aliphatic carbocycles. The lowest BCUT2D eigenvalue weighted by atomic mass is 10.1. The minimum absolute atomic E-state index is 0.0131. The highest BCUT2D eigenvalue weighted by molar-refractivity contribution is 7.92. The Hall–Kier alpha value is -1.68. The van der Waals surface area contributed by atoms with Crippen LogP contribution in [0.5, 0.6) is 0 Å².